The fourth-order valence-electron chi connectivity index (χ4n) is 2.12. The van der Waals surface area contributed by atoms with Crippen LogP contribution in [0.5, 0.6) is 0 Å². The molecule has 13 heavy (non-hydrogen) atoms. The highest BCUT2D eigenvalue weighted by Crippen LogP contribution is 2.23. The van der Waals surface area contributed by atoms with Gasteiger partial charge in [-0.1, -0.05) is 19.1 Å². The van der Waals surface area contributed by atoms with Crippen LogP contribution in [-0.2, 0) is 0 Å². The minimum atomic E-state index is 0.665. The molecular weight excluding hydrogens is 160 g/mol. The van der Waals surface area contributed by atoms with Gasteiger partial charge in [0.05, 0.1) is 0 Å². The second-order valence-electron chi connectivity index (χ2n) is 3.80. The summed E-state index contributed by atoms with van der Waals surface area (Å²) in [5, 5.41) is 3.18. The van der Waals surface area contributed by atoms with E-state index < -0.39 is 0 Å². The first-order valence-corrected chi connectivity index (χ1v) is 5.36. The lowest BCUT2D eigenvalue weighted by Gasteiger charge is -2.24. The molecule has 1 N–H and O–H groups in total. The number of hydrogen-bond acceptors (Lipinski definition) is 2. The van der Waals surface area contributed by atoms with E-state index in [0.717, 1.165) is 13.0 Å². The third-order valence-electron chi connectivity index (χ3n) is 2.94. The van der Waals surface area contributed by atoms with Crippen LogP contribution in [0.3, 0.4) is 0 Å². The van der Waals surface area contributed by atoms with Crippen LogP contribution < -0.4 is 5.32 Å². The van der Waals surface area contributed by atoms with Gasteiger partial charge in [0, 0.05) is 6.04 Å². The number of nitrogens with one attached hydrogen (secondary N) is 1. The van der Waals surface area contributed by atoms with Gasteiger partial charge in [0.1, 0.15) is 0 Å². The molecule has 1 aliphatic rings. The summed E-state index contributed by atoms with van der Waals surface area (Å²) in [6.07, 6.45) is 3.78. The predicted molar refractivity (Wildman–Crippen MR) is 58.0 cm³/mol. The van der Waals surface area contributed by atoms with Crippen molar-refractivity contribution in [2.45, 2.75) is 32.2 Å². The second kappa shape index (κ2) is 5.40. The van der Waals surface area contributed by atoms with Gasteiger partial charge in [0.2, 0.25) is 0 Å². The first-order valence-electron chi connectivity index (χ1n) is 5.36. The van der Waals surface area contributed by atoms with E-state index in [2.05, 4.69) is 23.7 Å². The highest BCUT2D eigenvalue weighted by molar-refractivity contribution is 5.08. The van der Waals surface area contributed by atoms with Crippen molar-refractivity contribution in [1.29, 1.82) is 0 Å². The van der Waals surface area contributed by atoms with Gasteiger partial charge in [-0.3, -0.25) is 4.90 Å². The van der Waals surface area contributed by atoms with Gasteiger partial charge in [-0.25, -0.2) is 0 Å². The molecule has 0 aromatic carbocycles. The van der Waals surface area contributed by atoms with Crippen LogP contribution in [0.1, 0.15) is 26.2 Å². The Morgan fingerprint density at radius 1 is 1.62 bits per heavy atom. The van der Waals surface area contributed by atoms with Crippen molar-refractivity contribution in [3.8, 4) is 0 Å². The normalized spacial score (nSPS) is 23.7. The number of likely N-dealkylation sites (tertiary alicyclic amines) is 1. The molecular formula is C11H22N2. The zero-order chi connectivity index (χ0) is 9.68. The summed E-state index contributed by atoms with van der Waals surface area (Å²) >= 11 is 0. The molecule has 1 atom stereocenters. The molecule has 1 unspecified atom stereocenters. The molecule has 0 saturated carbocycles. The van der Waals surface area contributed by atoms with E-state index in [1.807, 2.05) is 7.05 Å². The van der Waals surface area contributed by atoms with Gasteiger partial charge in [-0.15, -0.1) is 0 Å². The Hall–Kier alpha value is -0.340. The Labute approximate surface area is 82.0 Å². The zero-order valence-corrected chi connectivity index (χ0v) is 8.97. The lowest BCUT2D eigenvalue weighted by Crippen LogP contribution is -2.31. The van der Waals surface area contributed by atoms with Crippen molar-refractivity contribution >= 4 is 0 Å². The second-order valence-corrected chi connectivity index (χ2v) is 3.80. The summed E-state index contributed by atoms with van der Waals surface area (Å²) in [4.78, 5) is 2.54. The summed E-state index contributed by atoms with van der Waals surface area (Å²) in [5.41, 5.74) is 1.41. The molecule has 1 rings (SSSR count). The summed E-state index contributed by atoms with van der Waals surface area (Å²) in [7, 11) is 2.00. The maximum atomic E-state index is 4.19. The SMILES string of the molecule is C=C(CCNC)C1CCCN1CC. The number of hydrogen-bond donors (Lipinski definition) is 1. The Kier molecular flexibility index (Phi) is 4.46. The molecule has 1 aliphatic heterocycles. The summed E-state index contributed by atoms with van der Waals surface area (Å²) in [6.45, 7) is 9.93. The molecule has 0 bridgehead atoms. The van der Waals surface area contributed by atoms with Crippen molar-refractivity contribution in [3.05, 3.63) is 12.2 Å². The highest BCUT2D eigenvalue weighted by atomic mass is 15.2. The number of likely N-dealkylation sites (N-methyl/N-ethyl adjacent to an activating group) is 1. The molecule has 0 radical (unpaired) electrons. The van der Waals surface area contributed by atoms with Crippen molar-refractivity contribution in [3.63, 3.8) is 0 Å². The average Bonchev–Trinajstić information content (AvgIpc) is 2.61. The quantitative estimate of drug-likeness (QED) is 0.650. The van der Waals surface area contributed by atoms with E-state index in [4.69, 9.17) is 0 Å². The van der Waals surface area contributed by atoms with Crippen LogP contribution in [-0.4, -0.2) is 37.6 Å². The molecule has 0 amide bonds. The van der Waals surface area contributed by atoms with Crippen LogP contribution in [0.4, 0.5) is 0 Å². The third kappa shape index (κ3) is 2.82. The lowest BCUT2D eigenvalue weighted by molar-refractivity contribution is 0.292. The van der Waals surface area contributed by atoms with Crippen LogP contribution in [0.2, 0.25) is 0 Å². The molecule has 2 heteroatoms. The number of nitrogens with zero attached hydrogens (tertiary/aromatic N) is 1. The monoisotopic (exact) mass is 182 g/mol. The zero-order valence-electron chi connectivity index (χ0n) is 8.97. The maximum Gasteiger partial charge on any atom is 0.0305 e. The van der Waals surface area contributed by atoms with Gasteiger partial charge in [-0.2, -0.15) is 0 Å². The van der Waals surface area contributed by atoms with E-state index in [1.54, 1.807) is 0 Å². The Morgan fingerprint density at radius 3 is 3.00 bits per heavy atom. The third-order valence-corrected chi connectivity index (χ3v) is 2.94. The van der Waals surface area contributed by atoms with Crippen molar-refractivity contribution in [2.24, 2.45) is 0 Å². The lowest BCUT2D eigenvalue weighted by atomic mass is 10.0. The summed E-state index contributed by atoms with van der Waals surface area (Å²) in [6, 6.07) is 0.665. The largest absolute Gasteiger partial charge is 0.319 e. The fraction of sp³-hybridized carbons (Fsp3) is 0.818. The van der Waals surface area contributed by atoms with Gasteiger partial charge in [-0.05, 0) is 45.9 Å². The number of rotatable bonds is 5. The Morgan fingerprint density at radius 2 is 2.38 bits per heavy atom. The first-order chi connectivity index (χ1) is 6.29. The first kappa shape index (κ1) is 10.7. The molecule has 0 aromatic heterocycles. The van der Waals surface area contributed by atoms with Crippen LogP contribution in [0, 0.1) is 0 Å². The predicted octanol–water partition coefficient (Wildman–Crippen LogP) is 1.64. The smallest absolute Gasteiger partial charge is 0.0305 e. The molecule has 0 aliphatic carbocycles. The van der Waals surface area contributed by atoms with Crippen molar-refractivity contribution in [1.82, 2.24) is 10.2 Å². The van der Waals surface area contributed by atoms with E-state index >= 15 is 0 Å². The highest BCUT2D eigenvalue weighted by Gasteiger charge is 2.24. The summed E-state index contributed by atoms with van der Waals surface area (Å²) in [5.74, 6) is 0. The minimum absolute atomic E-state index is 0.665. The maximum absolute atomic E-state index is 4.19. The molecule has 0 spiro atoms. The molecule has 76 valence electrons. The molecule has 1 saturated heterocycles. The van der Waals surface area contributed by atoms with E-state index in [1.165, 1.54) is 31.5 Å². The Bertz CT molecular complexity index is 165. The van der Waals surface area contributed by atoms with Gasteiger partial charge < -0.3 is 5.32 Å². The van der Waals surface area contributed by atoms with Gasteiger partial charge >= 0.3 is 0 Å². The Balaban J connectivity index is 2.36. The van der Waals surface area contributed by atoms with E-state index in [-0.39, 0.29) is 0 Å². The average molecular weight is 182 g/mol. The van der Waals surface area contributed by atoms with Crippen molar-refractivity contribution in [2.75, 3.05) is 26.7 Å². The topological polar surface area (TPSA) is 15.3 Å². The van der Waals surface area contributed by atoms with Crippen LogP contribution >= 0.6 is 0 Å². The van der Waals surface area contributed by atoms with E-state index in [0.29, 0.717) is 6.04 Å². The van der Waals surface area contributed by atoms with E-state index in [9.17, 15) is 0 Å². The summed E-state index contributed by atoms with van der Waals surface area (Å²) < 4.78 is 0. The van der Waals surface area contributed by atoms with Crippen molar-refractivity contribution < 1.29 is 0 Å². The molecule has 0 aromatic rings. The molecule has 1 fully saturated rings. The van der Waals surface area contributed by atoms with Crippen LogP contribution in [0.15, 0.2) is 12.2 Å². The van der Waals surface area contributed by atoms with Gasteiger partial charge in [0.15, 0.2) is 0 Å². The molecule has 1 heterocycles. The minimum Gasteiger partial charge on any atom is -0.319 e. The van der Waals surface area contributed by atoms with Crippen LogP contribution in [0.25, 0.3) is 0 Å². The standard InChI is InChI=1S/C11H22N2/c1-4-13-9-5-6-11(13)10(2)7-8-12-3/h11-12H,2,4-9H2,1,3H3. The molecule has 2 nitrogen and oxygen atoms in total. The fourth-order valence-corrected chi connectivity index (χ4v) is 2.12. The van der Waals surface area contributed by atoms with Gasteiger partial charge in [0.25, 0.3) is 0 Å².